The first-order valence-electron chi connectivity index (χ1n) is 7.51. The third-order valence-corrected chi connectivity index (χ3v) is 5.23. The first-order valence-corrected chi connectivity index (χ1v) is 9.27. The Balaban J connectivity index is 1.95. The number of nitro benzene ring substituents is 1. The van der Waals surface area contributed by atoms with E-state index in [1.54, 1.807) is 12.1 Å². The van der Waals surface area contributed by atoms with E-state index in [1.807, 2.05) is 35.0 Å². The van der Waals surface area contributed by atoms with E-state index in [9.17, 15) is 14.9 Å². The first-order chi connectivity index (χ1) is 12.6. The molecule has 1 amide bonds. The molecule has 0 spiro atoms. The lowest BCUT2D eigenvalue weighted by molar-refractivity contribution is -0.384. The molecule has 0 aliphatic carbocycles. The van der Waals surface area contributed by atoms with Crippen LogP contribution in [0.5, 0.6) is 5.75 Å². The molecule has 1 aromatic carbocycles. The van der Waals surface area contributed by atoms with Crippen molar-refractivity contribution in [3.8, 4) is 5.75 Å². The molecule has 26 heavy (non-hydrogen) atoms. The maximum Gasteiger partial charge on any atom is 0.296 e. The molecule has 2 heterocycles. The van der Waals surface area contributed by atoms with Crippen LogP contribution in [0.3, 0.4) is 0 Å². The number of methoxy groups -OCH3 is 1. The summed E-state index contributed by atoms with van der Waals surface area (Å²) in [5.41, 5.74) is 0.348. The van der Waals surface area contributed by atoms with Crippen molar-refractivity contribution in [1.29, 1.82) is 0 Å². The average Bonchev–Trinajstić information content (AvgIpc) is 3.33. The van der Waals surface area contributed by atoms with Gasteiger partial charge in [-0.05, 0) is 41.1 Å². The summed E-state index contributed by atoms with van der Waals surface area (Å²) in [6.45, 7) is 0. The third kappa shape index (κ3) is 3.98. The second kappa shape index (κ2) is 7.94. The third-order valence-electron chi connectivity index (χ3n) is 3.51. The van der Waals surface area contributed by atoms with Gasteiger partial charge in [0.1, 0.15) is 11.4 Å². The van der Waals surface area contributed by atoms with Crippen LogP contribution in [-0.4, -0.2) is 17.9 Å². The fourth-order valence-electron chi connectivity index (χ4n) is 2.28. The Morgan fingerprint density at radius 2 is 1.96 bits per heavy atom. The number of rotatable bonds is 6. The summed E-state index contributed by atoms with van der Waals surface area (Å²) in [6, 6.07) is 11.8. The minimum atomic E-state index is -0.550. The van der Waals surface area contributed by atoms with Crippen molar-refractivity contribution < 1.29 is 14.5 Å². The fraction of sp³-hybridized carbons (Fsp3) is 0.0556. The van der Waals surface area contributed by atoms with E-state index >= 15 is 0 Å². The lowest BCUT2D eigenvalue weighted by Gasteiger charge is -2.09. The summed E-state index contributed by atoms with van der Waals surface area (Å²) in [5.74, 6) is -0.0589. The van der Waals surface area contributed by atoms with Crippen LogP contribution in [0.25, 0.3) is 11.6 Å². The van der Waals surface area contributed by atoms with Gasteiger partial charge in [0.15, 0.2) is 0 Å². The molecule has 1 N–H and O–H groups in total. The summed E-state index contributed by atoms with van der Waals surface area (Å²) < 4.78 is 5.02. The quantitative estimate of drug-likeness (QED) is 0.371. The molecule has 0 saturated heterocycles. The lowest BCUT2D eigenvalue weighted by Crippen LogP contribution is -2.14. The molecule has 3 rings (SSSR count). The van der Waals surface area contributed by atoms with Gasteiger partial charge in [0.05, 0.1) is 23.7 Å². The molecular formula is C18H14N2O4S2. The number of ether oxygens (including phenoxy) is 1. The van der Waals surface area contributed by atoms with Gasteiger partial charge in [-0.3, -0.25) is 14.9 Å². The average molecular weight is 386 g/mol. The molecular weight excluding hydrogens is 372 g/mol. The zero-order chi connectivity index (χ0) is 18.5. The number of hydrogen-bond acceptors (Lipinski definition) is 6. The van der Waals surface area contributed by atoms with Crippen LogP contribution in [0, 0.1) is 10.1 Å². The molecule has 0 aliphatic heterocycles. The van der Waals surface area contributed by atoms with Gasteiger partial charge >= 0.3 is 0 Å². The molecule has 0 atom stereocenters. The van der Waals surface area contributed by atoms with Crippen LogP contribution in [0.2, 0.25) is 0 Å². The second-order valence-corrected chi connectivity index (χ2v) is 7.07. The van der Waals surface area contributed by atoms with E-state index in [4.69, 9.17) is 4.74 Å². The minimum Gasteiger partial charge on any atom is -0.496 e. The molecule has 0 unspecified atom stereocenters. The highest BCUT2D eigenvalue weighted by atomic mass is 32.1. The minimum absolute atomic E-state index is 0.120. The molecule has 6 nitrogen and oxygen atoms in total. The summed E-state index contributed by atoms with van der Waals surface area (Å²) in [6.07, 6.45) is 1.78. The molecule has 8 heteroatoms. The number of hydrogen-bond donors (Lipinski definition) is 1. The number of thiophene rings is 2. The zero-order valence-corrected chi connectivity index (χ0v) is 15.3. The molecule has 0 bridgehead atoms. The number of carbonyl (C=O) groups excluding carboxylic acids is 1. The molecule has 3 aromatic rings. The molecule has 132 valence electrons. The Kier molecular flexibility index (Phi) is 5.45. The Hall–Kier alpha value is -2.97. The van der Waals surface area contributed by atoms with Crippen LogP contribution < -0.4 is 10.1 Å². The van der Waals surface area contributed by atoms with Crippen LogP contribution >= 0.6 is 22.7 Å². The number of nitrogens with one attached hydrogen (secondary N) is 1. The number of anilines is 1. The Labute approximate surface area is 157 Å². The van der Waals surface area contributed by atoms with E-state index in [-0.39, 0.29) is 11.4 Å². The number of benzene rings is 1. The SMILES string of the molecule is COc1ccc(NC(=O)C(=Cc2cccs2)c2cccs2)c([N+](=O)[O-])c1. The molecule has 0 saturated carbocycles. The van der Waals surface area contributed by atoms with Gasteiger partial charge in [-0.2, -0.15) is 0 Å². The predicted molar refractivity (Wildman–Crippen MR) is 105 cm³/mol. The van der Waals surface area contributed by atoms with E-state index in [2.05, 4.69) is 5.32 Å². The van der Waals surface area contributed by atoms with Gasteiger partial charge in [0.25, 0.3) is 11.6 Å². The molecule has 0 aliphatic rings. The maximum absolute atomic E-state index is 12.8. The van der Waals surface area contributed by atoms with E-state index < -0.39 is 10.8 Å². The lowest BCUT2D eigenvalue weighted by atomic mass is 10.1. The zero-order valence-electron chi connectivity index (χ0n) is 13.7. The Morgan fingerprint density at radius 3 is 2.58 bits per heavy atom. The number of nitro groups is 1. The number of amides is 1. The standard InChI is InChI=1S/C18H14N2O4S2/c1-24-12-6-7-15(16(10-12)20(22)23)19-18(21)14(17-5-3-9-26-17)11-13-4-2-8-25-13/h2-11H,1H3,(H,19,21). The van der Waals surface area contributed by atoms with Gasteiger partial charge in [0.2, 0.25) is 0 Å². The fourth-order valence-corrected chi connectivity index (χ4v) is 3.68. The highest BCUT2D eigenvalue weighted by Crippen LogP contribution is 2.31. The molecule has 2 aromatic heterocycles. The van der Waals surface area contributed by atoms with Gasteiger partial charge < -0.3 is 10.1 Å². The Morgan fingerprint density at radius 1 is 1.19 bits per heavy atom. The normalized spacial score (nSPS) is 11.2. The topological polar surface area (TPSA) is 81.5 Å². The van der Waals surface area contributed by atoms with Crippen molar-refractivity contribution in [1.82, 2.24) is 0 Å². The van der Waals surface area contributed by atoms with Crippen LogP contribution in [0.4, 0.5) is 11.4 Å². The summed E-state index contributed by atoms with van der Waals surface area (Å²) in [7, 11) is 1.43. The van der Waals surface area contributed by atoms with Gasteiger partial charge in [-0.25, -0.2) is 0 Å². The van der Waals surface area contributed by atoms with Gasteiger partial charge in [-0.15, -0.1) is 22.7 Å². The van der Waals surface area contributed by atoms with E-state index in [0.717, 1.165) is 9.75 Å². The summed E-state index contributed by atoms with van der Waals surface area (Å²) >= 11 is 2.94. The first kappa shape index (κ1) is 17.8. The highest BCUT2D eigenvalue weighted by molar-refractivity contribution is 7.12. The van der Waals surface area contributed by atoms with Crippen molar-refractivity contribution in [2.75, 3.05) is 12.4 Å². The smallest absolute Gasteiger partial charge is 0.296 e. The number of carbonyl (C=O) groups is 1. The molecule has 0 radical (unpaired) electrons. The largest absolute Gasteiger partial charge is 0.496 e. The monoisotopic (exact) mass is 386 g/mol. The second-order valence-electron chi connectivity index (χ2n) is 5.15. The van der Waals surface area contributed by atoms with E-state index in [0.29, 0.717) is 11.3 Å². The maximum atomic E-state index is 12.8. The highest BCUT2D eigenvalue weighted by Gasteiger charge is 2.20. The Bertz CT molecular complexity index is 948. The van der Waals surface area contributed by atoms with Crippen molar-refractivity contribution in [3.05, 3.63) is 73.1 Å². The summed E-state index contributed by atoms with van der Waals surface area (Å²) in [5, 5.41) is 17.8. The van der Waals surface area contributed by atoms with E-state index in [1.165, 1.54) is 41.9 Å². The van der Waals surface area contributed by atoms with Gasteiger partial charge in [0, 0.05) is 9.75 Å². The van der Waals surface area contributed by atoms with Crippen LogP contribution in [-0.2, 0) is 4.79 Å². The summed E-state index contributed by atoms with van der Waals surface area (Å²) in [4.78, 5) is 25.3. The van der Waals surface area contributed by atoms with Crippen molar-refractivity contribution in [3.63, 3.8) is 0 Å². The number of nitrogens with zero attached hydrogens (tertiary/aromatic N) is 1. The van der Waals surface area contributed by atoms with Crippen LogP contribution in [0.1, 0.15) is 9.75 Å². The predicted octanol–water partition coefficient (Wildman–Crippen LogP) is 4.91. The van der Waals surface area contributed by atoms with Crippen molar-refractivity contribution in [2.45, 2.75) is 0 Å². The van der Waals surface area contributed by atoms with Gasteiger partial charge in [-0.1, -0.05) is 12.1 Å². The molecule has 0 fully saturated rings. The van der Waals surface area contributed by atoms with Crippen molar-refractivity contribution >= 4 is 51.6 Å². The van der Waals surface area contributed by atoms with Crippen LogP contribution in [0.15, 0.2) is 53.2 Å². The van der Waals surface area contributed by atoms with Crippen molar-refractivity contribution in [2.24, 2.45) is 0 Å².